The van der Waals surface area contributed by atoms with E-state index in [2.05, 4.69) is 34.1 Å². The summed E-state index contributed by atoms with van der Waals surface area (Å²) in [5.41, 5.74) is 7.03. The Bertz CT molecular complexity index is 586. The number of hydrogen-bond acceptors (Lipinski definition) is 3. The van der Waals surface area contributed by atoms with Gasteiger partial charge in [0.05, 0.1) is 4.47 Å². The quantitative estimate of drug-likeness (QED) is 0.781. The van der Waals surface area contributed by atoms with Gasteiger partial charge in [-0.1, -0.05) is 18.2 Å². The molecule has 2 rings (SSSR count). The molecule has 2 aromatic rings. The zero-order valence-electron chi connectivity index (χ0n) is 11.6. The highest BCUT2D eigenvalue weighted by atomic mass is 79.9. The minimum absolute atomic E-state index is 0.158. The van der Waals surface area contributed by atoms with Crippen molar-refractivity contribution in [3.05, 3.63) is 52.5 Å². The number of para-hydroxylation sites is 1. The van der Waals surface area contributed by atoms with E-state index in [1.165, 1.54) is 5.56 Å². The van der Waals surface area contributed by atoms with E-state index in [0.717, 1.165) is 27.3 Å². The molecule has 0 aliphatic carbocycles. The monoisotopic (exact) mass is 351 g/mol. The smallest absolute Gasteiger partial charge is 0.141 e. The molecule has 0 aliphatic rings. The summed E-state index contributed by atoms with van der Waals surface area (Å²) in [6, 6.07) is 14.3. The lowest BCUT2D eigenvalue weighted by Gasteiger charge is -2.12. The van der Waals surface area contributed by atoms with Gasteiger partial charge in [0.2, 0.25) is 0 Å². The largest absolute Gasteiger partial charge is 0.455 e. The normalized spacial score (nSPS) is 12.2. The Balaban J connectivity index is 2.21. The molecular weight excluding hydrogens is 334 g/mol. The molecule has 2 aromatic carbocycles. The van der Waals surface area contributed by atoms with Crippen molar-refractivity contribution >= 4 is 27.7 Å². The van der Waals surface area contributed by atoms with Gasteiger partial charge in [-0.2, -0.15) is 0 Å². The van der Waals surface area contributed by atoms with Crippen molar-refractivity contribution in [3.63, 3.8) is 0 Å². The van der Waals surface area contributed by atoms with E-state index in [4.69, 9.17) is 10.5 Å². The first-order chi connectivity index (χ1) is 9.60. The Labute approximate surface area is 132 Å². The number of benzene rings is 2. The third-order valence-electron chi connectivity index (χ3n) is 2.84. The minimum Gasteiger partial charge on any atom is -0.455 e. The van der Waals surface area contributed by atoms with Crippen LogP contribution in [0.5, 0.6) is 11.5 Å². The van der Waals surface area contributed by atoms with E-state index in [1.807, 2.05) is 37.4 Å². The van der Waals surface area contributed by atoms with Crippen molar-refractivity contribution in [2.75, 3.05) is 6.26 Å². The van der Waals surface area contributed by atoms with Crippen molar-refractivity contribution in [1.29, 1.82) is 0 Å². The number of hydrogen-bond donors (Lipinski definition) is 1. The average Bonchev–Trinajstić information content (AvgIpc) is 2.42. The summed E-state index contributed by atoms with van der Waals surface area (Å²) in [6.07, 6.45) is 2.91. The van der Waals surface area contributed by atoms with E-state index < -0.39 is 0 Å². The van der Waals surface area contributed by atoms with Gasteiger partial charge in [0.25, 0.3) is 0 Å². The van der Waals surface area contributed by atoms with Crippen LogP contribution >= 0.6 is 27.7 Å². The minimum atomic E-state index is 0.158. The number of ether oxygens (including phenoxy) is 1. The molecule has 0 aliphatic heterocycles. The zero-order valence-corrected chi connectivity index (χ0v) is 14.0. The Morgan fingerprint density at radius 1 is 1.20 bits per heavy atom. The maximum Gasteiger partial charge on any atom is 0.141 e. The van der Waals surface area contributed by atoms with Crippen LogP contribution in [-0.4, -0.2) is 12.3 Å². The average molecular weight is 352 g/mol. The fraction of sp³-hybridized carbons (Fsp3) is 0.250. The van der Waals surface area contributed by atoms with Crippen LogP contribution in [0.25, 0.3) is 0 Å². The second-order valence-electron chi connectivity index (χ2n) is 4.70. The van der Waals surface area contributed by atoms with Crippen molar-refractivity contribution in [1.82, 2.24) is 0 Å². The molecule has 1 atom stereocenters. The molecule has 20 heavy (non-hydrogen) atoms. The van der Waals surface area contributed by atoms with Crippen LogP contribution in [0.2, 0.25) is 0 Å². The van der Waals surface area contributed by atoms with Crippen molar-refractivity contribution in [2.24, 2.45) is 5.73 Å². The van der Waals surface area contributed by atoms with Gasteiger partial charge in [0.1, 0.15) is 11.5 Å². The fourth-order valence-electron chi connectivity index (χ4n) is 1.95. The summed E-state index contributed by atoms with van der Waals surface area (Å²) in [6.45, 7) is 2.01. The molecule has 106 valence electrons. The van der Waals surface area contributed by atoms with E-state index in [0.29, 0.717) is 0 Å². The highest BCUT2D eigenvalue weighted by molar-refractivity contribution is 9.10. The van der Waals surface area contributed by atoms with Crippen LogP contribution in [0.15, 0.2) is 51.8 Å². The van der Waals surface area contributed by atoms with Gasteiger partial charge >= 0.3 is 0 Å². The molecule has 0 amide bonds. The molecule has 0 saturated carbocycles. The van der Waals surface area contributed by atoms with Gasteiger partial charge in [0.15, 0.2) is 0 Å². The summed E-state index contributed by atoms with van der Waals surface area (Å²) in [5, 5.41) is 0. The zero-order chi connectivity index (χ0) is 14.5. The van der Waals surface area contributed by atoms with Crippen molar-refractivity contribution in [2.45, 2.75) is 24.3 Å². The molecule has 0 heterocycles. The van der Waals surface area contributed by atoms with Gasteiger partial charge in [-0.3, -0.25) is 0 Å². The van der Waals surface area contributed by atoms with Gasteiger partial charge in [-0.25, -0.2) is 0 Å². The first-order valence-corrected chi connectivity index (χ1v) is 8.47. The summed E-state index contributed by atoms with van der Waals surface area (Å²) >= 11 is 5.24. The van der Waals surface area contributed by atoms with Crippen LogP contribution < -0.4 is 10.5 Å². The second kappa shape index (κ2) is 7.16. The molecule has 0 bridgehead atoms. The molecule has 0 spiro atoms. The van der Waals surface area contributed by atoms with E-state index in [-0.39, 0.29) is 6.04 Å². The Morgan fingerprint density at radius 2 is 1.95 bits per heavy atom. The lowest BCUT2D eigenvalue weighted by molar-refractivity contribution is 0.468. The van der Waals surface area contributed by atoms with Crippen molar-refractivity contribution < 1.29 is 4.74 Å². The highest BCUT2D eigenvalue weighted by Gasteiger charge is 2.08. The number of rotatable bonds is 5. The Kier molecular flexibility index (Phi) is 5.52. The van der Waals surface area contributed by atoms with E-state index in [9.17, 15) is 0 Å². The van der Waals surface area contributed by atoms with Crippen LogP contribution in [-0.2, 0) is 6.42 Å². The summed E-state index contributed by atoms with van der Waals surface area (Å²) in [5.74, 6) is 1.69. The molecule has 0 radical (unpaired) electrons. The van der Waals surface area contributed by atoms with Crippen LogP contribution in [0, 0.1) is 0 Å². The Morgan fingerprint density at radius 3 is 2.60 bits per heavy atom. The Hall–Kier alpha value is -0.970. The van der Waals surface area contributed by atoms with Gasteiger partial charge in [-0.05, 0) is 65.4 Å². The van der Waals surface area contributed by atoms with Crippen LogP contribution in [0.1, 0.15) is 12.5 Å². The SMILES string of the molecule is CSc1ccccc1Oc1ccc(CC(C)N)cc1Br. The number of nitrogens with two attached hydrogens (primary N) is 1. The lowest BCUT2D eigenvalue weighted by Crippen LogP contribution is -2.17. The van der Waals surface area contributed by atoms with Crippen LogP contribution in [0.4, 0.5) is 0 Å². The second-order valence-corrected chi connectivity index (χ2v) is 6.40. The van der Waals surface area contributed by atoms with Crippen molar-refractivity contribution in [3.8, 4) is 11.5 Å². The lowest BCUT2D eigenvalue weighted by atomic mass is 10.1. The van der Waals surface area contributed by atoms with Gasteiger partial charge in [0, 0.05) is 10.9 Å². The maximum atomic E-state index is 5.99. The van der Waals surface area contributed by atoms with Gasteiger partial charge in [-0.15, -0.1) is 11.8 Å². The highest BCUT2D eigenvalue weighted by Crippen LogP contribution is 2.35. The standard InChI is InChI=1S/C16H18BrNOS/c1-11(18)9-12-7-8-14(13(17)10-12)19-15-5-3-4-6-16(15)20-2/h3-8,10-11H,9,18H2,1-2H3. The fourth-order valence-corrected chi connectivity index (χ4v) is 2.98. The molecule has 0 aromatic heterocycles. The van der Waals surface area contributed by atoms with E-state index >= 15 is 0 Å². The van der Waals surface area contributed by atoms with Crippen LogP contribution in [0.3, 0.4) is 0 Å². The number of halogens is 1. The first kappa shape index (κ1) is 15.4. The molecule has 0 saturated heterocycles. The third-order valence-corrected chi connectivity index (χ3v) is 4.24. The molecule has 2 N–H and O–H groups in total. The van der Waals surface area contributed by atoms with Gasteiger partial charge < -0.3 is 10.5 Å². The number of thioether (sulfide) groups is 1. The third kappa shape index (κ3) is 4.01. The summed E-state index contributed by atoms with van der Waals surface area (Å²) in [4.78, 5) is 1.12. The topological polar surface area (TPSA) is 35.2 Å². The molecule has 2 nitrogen and oxygen atoms in total. The predicted molar refractivity (Wildman–Crippen MR) is 89.8 cm³/mol. The maximum absolute atomic E-state index is 5.99. The summed E-state index contributed by atoms with van der Waals surface area (Å²) in [7, 11) is 0. The molecule has 0 fully saturated rings. The summed E-state index contributed by atoms with van der Waals surface area (Å²) < 4.78 is 6.94. The predicted octanol–water partition coefficient (Wildman–Crippen LogP) is 4.85. The van der Waals surface area contributed by atoms with E-state index in [1.54, 1.807) is 11.8 Å². The molecule has 1 unspecified atom stereocenters. The molecular formula is C16H18BrNOS. The molecule has 4 heteroatoms. The first-order valence-electron chi connectivity index (χ1n) is 6.45.